The quantitative estimate of drug-likeness (QED) is 0.353. The Bertz CT molecular complexity index is 824. The van der Waals surface area contributed by atoms with Crippen LogP contribution in [-0.2, 0) is 14.3 Å². The maximum atomic E-state index is 15.0. The minimum absolute atomic E-state index is 0.118. The van der Waals surface area contributed by atoms with Crippen LogP contribution in [0.25, 0.3) is 0 Å². The molecule has 0 aromatic rings. The van der Waals surface area contributed by atoms with E-state index in [0.717, 1.165) is 63.4 Å². The Hall–Kier alpha value is -1.45. The van der Waals surface area contributed by atoms with Crippen LogP contribution in [0.1, 0.15) is 98.3 Å². The number of allylic oxidation sites excluding steroid dienone is 2. The molecular formula is C27H39FO3. The predicted molar refractivity (Wildman–Crippen MR) is 120 cm³/mol. The summed E-state index contributed by atoms with van der Waals surface area (Å²) in [6.07, 6.45) is 10.6. The van der Waals surface area contributed by atoms with Gasteiger partial charge >= 0.3 is 5.97 Å². The first-order valence-corrected chi connectivity index (χ1v) is 12.6. The molecule has 0 radical (unpaired) electrons. The zero-order chi connectivity index (χ0) is 22.4. The molecule has 0 unspecified atom stereocenters. The first-order chi connectivity index (χ1) is 14.8. The number of carbonyl (C=O) groups is 2. The normalized spacial score (nSPS) is 39.0. The van der Waals surface area contributed by atoms with Crippen molar-refractivity contribution in [3.63, 3.8) is 0 Å². The highest BCUT2D eigenvalue weighted by Crippen LogP contribution is 2.67. The van der Waals surface area contributed by atoms with E-state index in [4.69, 9.17) is 4.74 Å². The van der Waals surface area contributed by atoms with E-state index in [0.29, 0.717) is 42.0 Å². The minimum Gasteiger partial charge on any atom is -0.461 e. The average molecular weight is 431 g/mol. The summed E-state index contributed by atoms with van der Waals surface area (Å²) in [5.74, 6) is 0.538. The van der Waals surface area contributed by atoms with Crippen LogP contribution in [0, 0.1) is 28.6 Å². The largest absolute Gasteiger partial charge is 0.461 e. The number of rotatable bonds is 5. The molecule has 3 saturated carbocycles. The Morgan fingerprint density at radius 3 is 2.48 bits per heavy atom. The Kier molecular flexibility index (Phi) is 6.22. The molecule has 0 bridgehead atoms. The molecule has 0 aliphatic heterocycles. The van der Waals surface area contributed by atoms with Gasteiger partial charge in [0.05, 0.1) is 6.61 Å². The van der Waals surface area contributed by atoms with Crippen molar-refractivity contribution >= 4 is 11.8 Å². The zero-order valence-electron chi connectivity index (χ0n) is 19.8. The molecule has 0 N–H and O–H groups in total. The van der Waals surface area contributed by atoms with Crippen molar-refractivity contribution in [2.24, 2.45) is 28.6 Å². The van der Waals surface area contributed by atoms with E-state index in [1.165, 1.54) is 5.57 Å². The van der Waals surface area contributed by atoms with E-state index in [2.05, 4.69) is 20.8 Å². The number of fused-ring (bicyclic) bond motifs is 5. The van der Waals surface area contributed by atoms with Gasteiger partial charge in [0.1, 0.15) is 0 Å². The number of esters is 1. The van der Waals surface area contributed by atoms with Gasteiger partial charge in [-0.2, -0.15) is 4.39 Å². The van der Waals surface area contributed by atoms with Crippen LogP contribution in [0.3, 0.4) is 0 Å². The molecule has 4 heteroatoms. The molecule has 0 amide bonds. The summed E-state index contributed by atoms with van der Waals surface area (Å²) < 4.78 is 20.0. The van der Waals surface area contributed by atoms with Gasteiger partial charge in [0.15, 0.2) is 5.78 Å². The molecule has 0 heterocycles. The first-order valence-electron chi connectivity index (χ1n) is 12.6. The summed E-state index contributed by atoms with van der Waals surface area (Å²) in [4.78, 5) is 24.9. The van der Waals surface area contributed by atoms with Crippen LogP contribution in [-0.4, -0.2) is 18.4 Å². The summed E-state index contributed by atoms with van der Waals surface area (Å²) in [5, 5.41) is 0. The van der Waals surface area contributed by atoms with Crippen LogP contribution >= 0.6 is 0 Å². The number of Topliss-reactive ketones (excluding diaryl/α,β-unsaturated/α-hetero) is 1. The fourth-order valence-corrected chi connectivity index (χ4v) is 7.96. The summed E-state index contributed by atoms with van der Waals surface area (Å²) in [6.45, 7) is 8.73. The van der Waals surface area contributed by atoms with Crippen molar-refractivity contribution < 1.29 is 18.7 Å². The van der Waals surface area contributed by atoms with Gasteiger partial charge in [-0.25, -0.2) is 4.79 Å². The van der Waals surface area contributed by atoms with Gasteiger partial charge in [0, 0.05) is 6.42 Å². The topological polar surface area (TPSA) is 43.4 Å². The number of hydrogen-bond donors (Lipinski definition) is 0. The summed E-state index contributed by atoms with van der Waals surface area (Å²) in [6, 6.07) is 0. The van der Waals surface area contributed by atoms with Gasteiger partial charge in [-0.3, -0.25) is 4.79 Å². The zero-order valence-corrected chi connectivity index (χ0v) is 19.8. The molecule has 4 aliphatic rings. The monoisotopic (exact) mass is 430 g/mol. The van der Waals surface area contributed by atoms with Crippen molar-refractivity contribution in [2.75, 3.05) is 6.61 Å². The highest BCUT2D eigenvalue weighted by Gasteiger charge is 2.59. The van der Waals surface area contributed by atoms with Gasteiger partial charge in [0.25, 0.3) is 0 Å². The highest BCUT2D eigenvalue weighted by molar-refractivity contribution is 5.97. The van der Waals surface area contributed by atoms with Crippen molar-refractivity contribution in [1.29, 1.82) is 0 Å². The number of ketones is 1. The van der Waals surface area contributed by atoms with E-state index < -0.39 is 11.8 Å². The molecule has 3 fully saturated rings. The van der Waals surface area contributed by atoms with E-state index in [1.54, 1.807) is 6.92 Å². The molecule has 172 valence electrons. The third kappa shape index (κ3) is 3.53. The smallest absolute Gasteiger partial charge is 0.367 e. The van der Waals surface area contributed by atoms with Gasteiger partial charge in [-0.15, -0.1) is 0 Å². The number of carbonyl (C=O) groups excluding carboxylic acids is 2. The first kappa shape index (κ1) is 22.7. The molecule has 0 aromatic carbocycles. The highest BCUT2D eigenvalue weighted by atomic mass is 19.1. The Labute approximate surface area is 186 Å². The SMILES string of the molecule is CCCCC1=C2CC[C@@H]3[C@H](CC[C@]4(C)C(=C(F)C(=O)OCC)CC[C@@H]34)[C@@]2(C)CCC1=O. The lowest BCUT2D eigenvalue weighted by atomic mass is 9.46. The Morgan fingerprint density at radius 1 is 1.03 bits per heavy atom. The van der Waals surface area contributed by atoms with Gasteiger partial charge in [-0.05, 0) is 104 Å². The van der Waals surface area contributed by atoms with Crippen LogP contribution in [0.5, 0.6) is 0 Å². The summed E-state index contributed by atoms with van der Waals surface area (Å²) in [7, 11) is 0. The Morgan fingerprint density at radius 2 is 1.77 bits per heavy atom. The van der Waals surface area contributed by atoms with Gasteiger partial charge < -0.3 is 4.74 Å². The number of hydrogen-bond acceptors (Lipinski definition) is 3. The third-order valence-electron chi connectivity index (χ3n) is 9.53. The van der Waals surface area contributed by atoms with E-state index in [1.807, 2.05) is 0 Å². The van der Waals surface area contributed by atoms with Crippen molar-refractivity contribution in [3.05, 3.63) is 22.5 Å². The van der Waals surface area contributed by atoms with E-state index in [-0.39, 0.29) is 17.4 Å². The fourth-order valence-electron chi connectivity index (χ4n) is 7.96. The number of ether oxygens (including phenoxy) is 1. The molecule has 0 saturated heterocycles. The maximum Gasteiger partial charge on any atom is 0.367 e. The number of halogens is 1. The molecular weight excluding hydrogens is 391 g/mol. The minimum atomic E-state index is -0.784. The molecule has 4 rings (SSSR count). The van der Waals surface area contributed by atoms with Crippen LogP contribution < -0.4 is 0 Å². The standard InChI is InChI=1S/C27H39FO3/c1-5-7-8-18-20-10-9-17-19-11-12-22(24(28)25(30)31-6-2)27(19,4)15-13-21(17)26(20,3)16-14-23(18)29/h17,19,21H,5-16H2,1-4H3/t17-,19-,21-,26-,27-/m0/s1. The molecule has 3 nitrogen and oxygen atoms in total. The molecule has 0 spiro atoms. The predicted octanol–water partition coefficient (Wildman–Crippen LogP) is 6.87. The third-order valence-corrected chi connectivity index (χ3v) is 9.53. The van der Waals surface area contributed by atoms with Gasteiger partial charge in [0.2, 0.25) is 5.83 Å². The van der Waals surface area contributed by atoms with Crippen LogP contribution in [0.4, 0.5) is 4.39 Å². The van der Waals surface area contributed by atoms with Crippen molar-refractivity contribution in [3.8, 4) is 0 Å². The van der Waals surface area contributed by atoms with Crippen molar-refractivity contribution in [1.82, 2.24) is 0 Å². The van der Waals surface area contributed by atoms with Gasteiger partial charge in [-0.1, -0.05) is 32.8 Å². The molecule has 31 heavy (non-hydrogen) atoms. The molecule has 0 aromatic heterocycles. The van der Waals surface area contributed by atoms with Crippen LogP contribution in [0.2, 0.25) is 0 Å². The maximum absolute atomic E-state index is 15.0. The lowest BCUT2D eigenvalue weighted by molar-refractivity contribution is -0.140. The van der Waals surface area contributed by atoms with E-state index in [9.17, 15) is 9.59 Å². The second-order valence-corrected chi connectivity index (χ2v) is 10.8. The summed E-state index contributed by atoms with van der Waals surface area (Å²) >= 11 is 0. The van der Waals surface area contributed by atoms with Crippen molar-refractivity contribution in [2.45, 2.75) is 98.3 Å². The Balaban J connectivity index is 1.65. The van der Waals surface area contributed by atoms with Crippen LogP contribution in [0.15, 0.2) is 22.5 Å². The molecule has 5 atom stereocenters. The summed E-state index contributed by atoms with van der Waals surface area (Å²) in [5.41, 5.74) is 3.22. The van der Waals surface area contributed by atoms with E-state index >= 15 is 4.39 Å². The average Bonchev–Trinajstić information content (AvgIpc) is 3.10. The lowest BCUT2D eigenvalue weighted by Gasteiger charge is -2.58. The fraction of sp³-hybridized carbons (Fsp3) is 0.778. The number of unbranched alkanes of at least 4 members (excludes halogenated alkanes) is 1. The molecule has 4 aliphatic carbocycles. The lowest BCUT2D eigenvalue weighted by Crippen LogP contribution is -2.50. The second-order valence-electron chi connectivity index (χ2n) is 10.8. The second kappa shape index (κ2) is 8.48.